The number of thiazole rings is 1. The molecule has 3 aromatic rings. The number of rotatable bonds is 5. The van der Waals surface area contributed by atoms with Crippen LogP contribution in [0.2, 0.25) is 0 Å². The molecule has 1 amide bonds. The second-order valence-electron chi connectivity index (χ2n) is 8.21. The van der Waals surface area contributed by atoms with Crippen LogP contribution in [0, 0.1) is 0 Å². The summed E-state index contributed by atoms with van der Waals surface area (Å²) in [6.07, 6.45) is 4.64. The van der Waals surface area contributed by atoms with Crippen molar-refractivity contribution in [2.75, 3.05) is 44.3 Å². The maximum absolute atomic E-state index is 13.7. The zero-order valence-corrected chi connectivity index (χ0v) is 19.9. The van der Waals surface area contributed by atoms with E-state index < -0.39 is 0 Å². The van der Waals surface area contributed by atoms with Gasteiger partial charge in [0.15, 0.2) is 5.13 Å². The maximum atomic E-state index is 13.7. The molecule has 31 heavy (non-hydrogen) atoms. The molecule has 1 aromatic heterocycles. The highest BCUT2D eigenvalue weighted by Gasteiger charge is 2.24. The van der Waals surface area contributed by atoms with Crippen molar-refractivity contribution in [1.29, 1.82) is 0 Å². The first-order valence-electron chi connectivity index (χ1n) is 11.0. The fourth-order valence-corrected chi connectivity index (χ4v) is 5.92. The third kappa shape index (κ3) is 4.70. The fraction of sp³-hybridized carbons (Fsp3) is 0.417. The van der Waals surface area contributed by atoms with Gasteiger partial charge in [0, 0.05) is 36.2 Å². The third-order valence-electron chi connectivity index (χ3n) is 6.15. The van der Waals surface area contributed by atoms with Gasteiger partial charge >= 0.3 is 0 Å². The van der Waals surface area contributed by atoms with Gasteiger partial charge in [-0.25, -0.2) is 4.98 Å². The van der Waals surface area contributed by atoms with Crippen molar-refractivity contribution in [3.63, 3.8) is 0 Å². The molecule has 1 saturated heterocycles. The van der Waals surface area contributed by atoms with Crippen LogP contribution in [0.15, 0.2) is 40.9 Å². The van der Waals surface area contributed by atoms with Crippen LogP contribution in [0.3, 0.4) is 0 Å². The monoisotopic (exact) mass is 499 g/mol. The highest BCUT2D eigenvalue weighted by Crippen LogP contribution is 2.32. The molecule has 2 heterocycles. The number of carbonyl (C=O) groups excluding carboxylic acids is 1. The lowest BCUT2D eigenvalue weighted by Crippen LogP contribution is -2.43. The van der Waals surface area contributed by atoms with Gasteiger partial charge in [0.2, 0.25) is 0 Å². The lowest BCUT2D eigenvalue weighted by atomic mass is 9.90. The second-order valence-corrected chi connectivity index (χ2v) is 10.1. The molecular formula is C24H26BrN3O2S. The Balaban J connectivity index is 1.45. The summed E-state index contributed by atoms with van der Waals surface area (Å²) >= 11 is 5.12. The van der Waals surface area contributed by atoms with Gasteiger partial charge in [-0.3, -0.25) is 14.6 Å². The Kier molecular flexibility index (Phi) is 6.36. The predicted molar refractivity (Wildman–Crippen MR) is 129 cm³/mol. The highest BCUT2D eigenvalue weighted by atomic mass is 79.9. The number of anilines is 1. The Bertz CT molecular complexity index is 1090. The van der Waals surface area contributed by atoms with Crippen molar-refractivity contribution in [3.8, 4) is 0 Å². The maximum Gasteiger partial charge on any atom is 0.260 e. The summed E-state index contributed by atoms with van der Waals surface area (Å²) in [5.41, 5.74) is 4.42. The predicted octanol–water partition coefficient (Wildman–Crippen LogP) is 4.92. The first kappa shape index (κ1) is 21.1. The highest BCUT2D eigenvalue weighted by molar-refractivity contribution is 9.10. The molecule has 5 nitrogen and oxygen atoms in total. The molecule has 0 N–H and O–H groups in total. The number of nitrogens with zero attached hydrogens (tertiary/aromatic N) is 3. The first-order valence-corrected chi connectivity index (χ1v) is 12.6. The van der Waals surface area contributed by atoms with Crippen LogP contribution in [-0.4, -0.2) is 55.2 Å². The second kappa shape index (κ2) is 9.36. The Morgan fingerprint density at radius 1 is 1.10 bits per heavy atom. The quantitative estimate of drug-likeness (QED) is 0.499. The van der Waals surface area contributed by atoms with Crippen molar-refractivity contribution in [1.82, 2.24) is 9.88 Å². The number of carbonyl (C=O) groups is 1. The van der Waals surface area contributed by atoms with Crippen molar-refractivity contribution >= 4 is 48.5 Å². The van der Waals surface area contributed by atoms with Crippen LogP contribution >= 0.6 is 27.3 Å². The van der Waals surface area contributed by atoms with E-state index in [1.165, 1.54) is 24.0 Å². The molecule has 7 heteroatoms. The van der Waals surface area contributed by atoms with E-state index in [2.05, 4.69) is 39.0 Å². The molecule has 0 atom stereocenters. The van der Waals surface area contributed by atoms with E-state index in [1.807, 2.05) is 23.1 Å². The lowest BCUT2D eigenvalue weighted by Gasteiger charge is -2.29. The summed E-state index contributed by atoms with van der Waals surface area (Å²) in [6.45, 7) is 4.78. The van der Waals surface area contributed by atoms with Gasteiger partial charge in [0.25, 0.3) is 5.91 Å². The molecule has 1 aliphatic heterocycles. The van der Waals surface area contributed by atoms with E-state index in [-0.39, 0.29) is 5.91 Å². The van der Waals surface area contributed by atoms with Gasteiger partial charge < -0.3 is 4.74 Å². The SMILES string of the molecule is O=C(c1ccc2c(c1)CCCC2)N(CCN1CCOCC1)c1nc2ccc(Br)cc2s1. The Morgan fingerprint density at radius 3 is 2.74 bits per heavy atom. The van der Waals surface area contributed by atoms with Crippen molar-refractivity contribution in [3.05, 3.63) is 57.6 Å². The minimum atomic E-state index is 0.0414. The normalized spacial score (nSPS) is 16.9. The van der Waals surface area contributed by atoms with Gasteiger partial charge in [0.05, 0.1) is 23.4 Å². The van der Waals surface area contributed by atoms with E-state index in [1.54, 1.807) is 11.3 Å². The van der Waals surface area contributed by atoms with Crippen LogP contribution in [0.5, 0.6) is 0 Å². The van der Waals surface area contributed by atoms with Gasteiger partial charge in [0.1, 0.15) is 0 Å². The summed E-state index contributed by atoms with van der Waals surface area (Å²) in [4.78, 5) is 22.7. The lowest BCUT2D eigenvalue weighted by molar-refractivity contribution is 0.0391. The molecule has 162 valence electrons. The molecular weight excluding hydrogens is 474 g/mol. The minimum absolute atomic E-state index is 0.0414. The van der Waals surface area contributed by atoms with E-state index in [9.17, 15) is 4.79 Å². The van der Waals surface area contributed by atoms with Gasteiger partial charge in [-0.1, -0.05) is 33.3 Å². The van der Waals surface area contributed by atoms with Crippen LogP contribution in [-0.2, 0) is 17.6 Å². The number of ether oxygens (including phenoxy) is 1. The van der Waals surface area contributed by atoms with Gasteiger partial charge in [-0.15, -0.1) is 0 Å². The fourth-order valence-electron chi connectivity index (χ4n) is 4.37. The molecule has 1 fully saturated rings. The van der Waals surface area contributed by atoms with Gasteiger partial charge in [-0.05, 0) is 67.1 Å². The minimum Gasteiger partial charge on any atom is -0.379 e. The molecule has 5 rings (SSSR count). The zero-order valence-electron chi connectivity index (χ0n) is 17.5. The molecule has 0 unspecified atom stereocenters. The summed E-state index contributed by atoms with van der Waals surface area (Å²) in [5, 5.41) is 0.768. The standard InChI is InChI=1S/C24H26BrN3O2S/c25-20-7-8-21-22(16-20)31-24(26-21)28(10-9-27-11-13-30-14-12-27)23(29)19-6-5-17-3-1-2-4-18(17)15-19/h5-8,15-16H,1-4,9-14H2. The molecule has 2 aliphatic rings. The van der Waals surface area contributed by atoms with Crippen molar-refractivity contribution < 1.29 is 9.53 Å². The number of benzene rings is 2. The number of halogens is 1. The number of morpholine rings is 1. The third-order valence-corrected chi connectivity index (χ3v) is 7.69. The van der Waals surface area contributed by atoms with Crippen LogP contribution < -0.4 is 4.90 Å². The molecule has 0 saturated carbocycles. The number of amides is 1. The molecule has 1 aliphatic carbocycles. The zero-order chi connectivity index (χ0) is 21.2. The van der Waals surface area contributed by atoms with Crippen molar-refractivity contribution in [2.45, 2.75) is 25.7 Å². The van der Waals surface area contributed by atoms with Crippen LogP contribution in [0.4, 0.5) is 5.13 Å². The van der Waals surface area contributed by atoms with Crippen LogP contribution in [0.1, 0.15) is 34.3 Å². The van der Waals surface area contributed by atoms with Crippen molar-refractivity contribution in [2.24, 2.45) is 0 Å². The van der Waals surface area contributed by atoms with Crippen LogP contribution in [0.25, 0.3) is 10.2 Å². The number of hydrogen-bond donors (Lipinski definition) is 0. The summed E-state index contributed by atoms with van der Waals surface area (Å²) < 4.78 is 7.58. The molecule has 2 aromatic carbocycles. The number of aryl methyl sites for hydroxylation is 2. The first-order chi connectivity index (χ1) is 15.2. The summed E-state index contributed by atoms with van der Waals surface area (Å²) in [6, 6.07) is 12.3. The largest absolute Gasteiger partial charge is 0.379 e. The van der Waals surface area contributed by atoms with Gasteiger partial charge in [-0.2, -0.15) is 0 Å². The topological polar surface area (TPSA) is 45.7 Å². The Morgan fingerprint density at radius 2 is 1.90 bits per heavy atom. The summed E-state index contributed by atoms with van der Waals surface area (Å²) in [7, 11) is 0. The molecule has 0 spiro atoms. The van der Waals surface area contributed by atoms with E-state index in [0.717, 1.165) is 71.1 Å². The van der Waals surface area contributed by atoms with E-state index in [0.29, 0.717) is 6.54 Å². The molecule has 0 bridgehead atoms. The Hall–Kier alpha value is -1.80. The Labute approximate surface area is 195 Å². The number of hydrogen-bond acceptors (Lipinski definition) is 5. The average Bonchev–Trinajstić information content (AvgIpc) is 3.22. The molecule has 0 radical (unpaired) electrons. The number of aromatic nitrogens is 1. The summed E-state index contributed by atoms with van der Waals surface area (Å²) in [5.74, 6) is 0.0414. The average molecular weight is 500 g/mol. The number of fused-ring (bicyclic) bond motifs is 2. The van der Waals surface area contributed by atoms with E-state index in [4.69, 9.17) is 9.72 Å². The van der Waals surface area contributed by atoms with E-state index >= 15 is 0 Å². The smallest absolute Gasteiger partial charge is 0.260 e.